The number of benzene rings is 1. The highest BCUT2D eigenvalue weighted by Gasteiger charge is 2.21. The summed E-state index contributed by atoms with van der Waals surface area (Å²) in [5, 5.41) is 3.77. The molecule has 4 nitrogen and oxygen atoms in total. The Labute approximate surface area is 123 Å². The lowest BCUT2D eigenvalue weighted by atomic mass is 10.00. The summed E-state index contributed by atoms with van der Waals surface area (Å²) in [6, 6.07) is 6.20. The molecule has 0 aliphatic carbocycles. The highest BCUT2D eigenvalue weighted by Crippen LogP contribution is 2.34. The molecule has 1 N–H and O–H groups in total. The molecular weight excluding hydrogens is 274 g/mol. The normalized spacial score (nSPS) is 20.6. The molecule has 112 valence electrons. The fourth-order valence-corrected chi connectivity index (χ4v) is 2.79. The van der Waals surface area contributed by atoms with E-state index in [-0.39, 0.29) is 11.3 Å². The lowest BCUT2D eigenvalue weighted by molar-refractivity contribution is 0.251. The van der Waals surface area contributed by atoms with Gasteiger partial charge in [0.15, 0.2) is 0 Å². The summed E-state index contributed by atoms with van der Waals surface area (Å²) in [7, 11) is 0.921. The first-order chi connectivity index (χ1) is 9.61. The van der Waals surface area contributed by atoms with Crippen LogP contribution < -0.4 is 14.8 Å². The van der Waals surface area contributed by atoms with Gasteiger partial charge >= 0.3 is 0 Å². The first-order valence-electron chi connectivity index (χ1n) is 6.98. The van der Waals surface area contributed by atoms with Gasteiger partial charge in [0.2, 0.25) is 0 Å². The molecule has 0 radical (unpaired) electrons. The molecule has 0 saturated heterocycles. The van der Waals surface area contributed by atoms with Gasteiger partial charge in [-0.2, -0.15) is 0 Å². The van der Waals surface area contributed by atoms with E-state index in [4.69, 9.17) is 9.47 Å². The van der Waals surface area contributed by atoms with Crippen molar-refractivity contribution < 1.29 is 13.7 Å². The van der Waals surface area contributed by atoms with Crippen LogP contribution in [0.3, 0.4) is 0 Å². The molecule has 1 aromatic rings. The molecule has 2 rings (SSSR count). The van der Waals surface area contributed by atoms with Crippen LogP contribution in [0.2, 0.25) is 0 Å². The van der Waals surface area contributed by atoms with E-state index in [2.05, 4.69) is 5.32 Å². The standard InChI is InChI=1S/C15H23NO3S/c1-11(20(3)17)6-8-16-14-7-9-19-15-5-4-12(18-2)10-13(14)15/h4-5,10-11,14,16H,6-9H2,1-3H3. The minimum Gasteiger partial charge on any atom is -0.497 e. The molecule has 1 aromatic carbocycles. The maximum Gasteiger partial charge on any atom is 0.124 e. The lowest BCUT2D eigenvalue weighted by Gasteiger charge is -2.27. The zero-order chi connectivity index (χ0) is 14.5. The Morgan fingerprint density at radius 2 is 2.35 bits per heavy atom. The van der Waals surface area contributed by atoms with Gasteiger partial charge in [0.25, 0.3) is 0 Å². The molecule has 0 spiro atoms. The smallest absolute Gasteiger partial charge is 0.124 e. The van der Waals surface area contributed by atoms with Crippen molar-refractivity contribution in [3.63, 3.8) is 0 Å². The topological polar surface area (TPSA) is 47.6 Å². The minimum atomic E-state index is -0.752. The largest absolute Gasteiger partial charge is 0.497 e. The van der Waals surface area contributed by atoms with Crippen molar-refractivity contribution in [1.29, 1.82) is 0 Å². The summed E-state index contributed by atoms with van der Waals surface area (Å²) >= 11 is 0. The van der Waals surface area contributed by atoms with Gasteiger partial charge in [0.1, 0.15) is 11.5 Å². The number of ether oxygens (including phenoxy) is 2. The van der Waals surface area contributed by atoms with Gasteiger partial charge in [0, 0.05) is 40.3 Å². The van der Waals surface area contributed by atoms with E-state index in [0.717, 1.165) is 43.1 Å². The molecule has 0 amide bonds. The molecule has 0 fully saturated rings. The first kappa shape index (κ1) is 15.3. The molecule has 5 heteroatoms. The van der Waals surface area contributed by atoms with E-state index in [1.807, 2.05) is 25.1 Å². The van der Waals surface area contributed by atoms with E-state index in [1.165, 1.54) is 0 Å². The molecule has 1 heterocycles. The third kappa shape index (κ3) is 3.73. The van der Waals surface area contributed by atoms with Crippen molar-refractivity contribution in [1.82, 2.24) is 5.32 Å². The highest BCUT2D eigenvalue weighted by atomic mass is 32.2. The number of rotatable bonds is 6. The zero-order valence-electron chi connectivity index (χ0n) is 12.3. The molecular formula is C15H23NO3S. The second-order valence-electron chi connectivity index (χ2n) is 5.15. The fraction of sp³-hybridized carbons (Fsp3) is 0.600. The van der Waals surface area contributed by atoms with E-state index >= 15 is 0 Å². The first-order valence-corrected chi connectivity index (χ1v) is 8.60. The predicted octanol–water partition coefficient (Wildman–Crippen LogP) is 2.27. The van der Waals surface area contributed by atoms with Crippen molar-refractivity contribution in [2.45, 2.75) is 31.1 Å². The molecule has 3 unspecified atom stereocenters. The Kier molecular flexibility index (Phi) is 5.43. The van der Waals surface area contributed by atoms with Gasteiger partial charge in [-0.3, -0.25) is 4.21 Å². The summed E-state index contributed by atoms with van der Waals surface area (Å²) < 4.78 is 22.3. The van der Waals surface area contributed by atoms with Crippen LogP contribution in [0.4, 0.5) is 0 Å². The molecule has 0 aromatic heterocycles. The van der Waals surface area contributed by atoms with Gasteiger partial charge in [-0.05, 0) is 31.2 Å². The SMILES string of the molecule is COc1ccc2c(c1)C(NCCC(C)S(C)=O)CCO2. The van der Waals surface area contributed by atoms with Crippen LogP contribution in [0.1, 0.15) is 31.4 Å². The third-order valence-corrected chi connectivity index (χ3v) is 5.13. The lowest BCUT2D eigenvalue weighted by Crippen LogP contribution is -2.29. The van der Waals surface area contributed by atoms with Crippen molar-refractivity contribution in [2.75, 3.05) is 26.5 Å². The van der Waals surface area contributed by atoms with Gasteiger partial charge in [-0.1, -0.05) is 6.92 Å². The van der Waals surface area contributed by atoms with Crippen molar-refractivity contribution in [3.8, 4) is 11.5 Å². The van der Waals surface area contributed by atoms with Crippen molar-refractivity contribution in [3.05, 3.63) is 23.8 Å². The van der Waals surface area contributed by atoms with Crippen molar-refractivity contribution in [2.24, 2.45) is 0 Å². The van der Waals surface area contributed by atoms with Gasteiger partial charge in [-0.15, -0.1) is 0 Å². The third-order valence-electron chi connectivity index (χ3n) is 3.76. The molecule has 20 heavy (non-hydrogen) atoms. The quantitative estimate of drug-likeness (QED) is 0.875. The monoisotopic (exact) mass is 297 g/mol. The Morgan fingerprint density at radius 1 is 1.55 bits per heavy atom. The number of hydrogen-bond acceptors (Lipinski definition) is 4. The molecule has 1 aliphatic rings. The summed E-state index contributed by atoms with van der Waals surface area (Å²) in [5.74, 6) is 1.78. The zero-order valence-corrected chi connectivity index (χ0v) is 13.2. The van der Waals surface area contributed by atoms with Crippen LogP contribution >= 0.6 is 0 Å². The maximum atomic E-state index is 11.4. The Hall–Kier alpha value is -1.07. The van der Waals surface area contributed by atoms with E-state index in [9.17, 15) is 4.21 Å². The van der Waals surface area contributed by atoms with E-state index in [0.29, 0.717) is 0 Å². The summed E-state index contributed by atoms with van der Waals surface area (Å²) in [4.78, 5) is 0. The maximum absolute atomic E-state index is 11.4. The summed E-state index contributed by atoms with van der Waals surface area (Å²) in [6.07, 6.45) is 3.63. The number of hydrogen-bond donors (Lipinski definition) is 1. The predicted molar refractivity (Wildman–Crippen MR) is 82.0 cm³/mol. The Morgan fingerprint density at radius 3 is 3.05 bits per heavy atom. The van der Waals surface area contributed by atoms with Gasteiger partial charge in [0.05, 0.1) is 13.7 Å². The van der Waals surface area contributed by atoms with Crippen LogP contribution in [0, 0.1) is 0 Å². The van der Waals surface area contributed by atoms with Gasteiger partial charge in [-0.25, -0.2) is 0 Å². The number of nitrogens with one attached hydrogen (secondary N) is 1. The van der Waals surface area contributed by atoms with Crippen LogP contribution in [-0.4, -0.2) is 36.0 Å². The van der Waals surface area contributed by atoms with Crippen molar-refractivity contribution >= 4 is 10.8 Å². The van der Waals surface area contributed by atoms with E-state index < -0.39 is 10.8 Å². The molecule has 0 saturated carbocycles. The average Bonchev–Trinajstić information content (AvgIpc) is 2.46. The van der Waals surface area contributed by atoms with Gasteiger partial charge < -0.3 is 14.8 Å². The number of methoxy groups -OCH3 is 1. The average molecular weight is 297 g/mol. The van der Waals surface area contributed by atoms with Crippen LogP contribution in [0.15, 0.2) is 18.2 Å². The number of fused-ring (bicyclic) bond motifs is 1. The second-order valence-corrected chi connectivity index (χ2v) is 6.95. The summed E-state index contributed by atoms with van der Waals surface area (Å²) in [6.45, 7) is 3.62. The second kappa shape index (κ2) is 7.09. The Balaban J connectivity index is 1.99. The molecule has 3 atom stereocenters. The minimum absolute atomic E-state index is 0.229. The molecule has 0 bridgehead atoms. The van der Waals surface area contributed by atoms with E-state index in [1.54, 1.807) is 13.4 Å². The van der Waals surface area contributed by atoms with Crippen LogP contribution in [-0.2, 0) is 10.8 Å². The Bertz CT molecular complexity index is 478. The summed E-state index contributed by atoms with van der Waals surface area (Å²) in [5.41, 5.74) is 1.15. The van der Waals surface area contributed by atoms with Crippen LogP contribution in [0.25, 0.3) is 0 Å². The highest BCUT2D eigenvalue weighted by molar-refractivity contribution is 7.84. The molecule has 1 aliphatic heterocycles. The fourth-order valence-electron chi connectivity index (χ4n) is 2.34. The van der Waals surface area contributed by atoms with Crippen LogP contribution in [0.5, 0.6) is 11.5 Å².